The SMILES string of the molecule is CC(C)CCC(C)NS(=O)(=O)c1cc(CO)ccc1F. The summed E-state index contributed by atoms with van der Waals surface area (Å²) in [4.78, 5) is -0.416. The summed E-state index contributed by atoms with van der Waals surface area (Å²) < 4.78 is 40.4. The first-order valence-electron chi connectivity index (χ1n) is 6.68. The third kappa shape index (κ3) is 4.85. The van der Waals surface area contributed by atoms with Gasteiger partial charge in [0.1, 0.15) is 10.7 Å². The zero-order valence-electron chi connectivity index (χ0n) is 12.1. The minimum Gasteiger partial charge on any atom is -0.392 e. The van der Waals surface area contributed by atoms with Crippen molar-refractivity contribution in [1.82, 2.24) is 4.72 Å². The van der Waals surface area contributed by atoms with Gasteiger partial charge in [-0.05, 0) is 43.4 Å². The van der Waals surface area contributed by atoms with Gasteiger partial charge in [-0.1, -0.05) is 19.9 Å². The van der Waals surface area contributed by atoms with Gasteiger partial charge in [-0.25, -0.2) is 17.5 Å². The van der Waals surface area contributed by atoms with Crippen molar-refractivity contribution in [3.8, 4) is 0 Å². The van der Waals surface area contributed by atoms with E-state index in [2.05, 4.69) is 18.6 Å². The molecule has 1 aromatic carbocycles. The van der Waals surface area contributed by atoms with Gasteiger partial charge in [0.15, 0.2) is 0 Å². The number of halogens is 1. The minimum absolute atomic E-state index is 0.264. The number of aliphatic hydroxyl groups is 1. The summed E-state index contributed by atoms with van der Waals surface area (Å²) in [5.74, 6) is -0.331. The maximum Gasteiger partial charge on any atom is 0.243 e. The van der Waals surface area contributed by atoms with Crippen molar-refractivity contribution in [1.29, 1.82) is 0 Å². The molecule has 0 amide bonds. The normalized spacial score (nSPS) is 13.7. The molecular formula is C14H22FNO3S. The molecule has 4 nitrogen and oxygen atoms in total. The molecule has 2 N–H and O–H groups in total. The Kier molecular flexibility index (Phi) is 6.10. The Morgan fingerprint density at radius 2 is 1.90 bits per heavy atom. The second-order valence-electron chi connectivity index (χ2n) is 5.42. The molecule has 0 heterocycles. The van der Waals surface area contributed by atoms with Crippen LogP contribution in [0.3, 0.4) is 0 Å². The first-order valence-corrected chi connectivity index (χ1v) is 8.16. The summed E-state index contributed by atoms with van der Waals surface area (Å²) in [5.41, 5.74) is 0.363. The molecular weight excluding hydrogens is 281 g/mol. The fourth-order valence-corrected chi connectivity index (χ4v) is 3.23. The fraction of sp³-hybridized carbons (Fsp3) is 0.571. The molecule has 1 atom stereocenters. The van der Waals surface area contributed by atoms with Crippen LogP contribution in [-0.4, -0.2) is 19.6 Å². The molecule has 0 saturated heterocycles. The molecule has 0 aromatic heterocycles. The Morgan fingerprint density at radius 3 is 2.45 bits per heavy atom. The van der Waals surface area contributed by atoms with Crippen molar-refractivity contribution in [3.63, 3.8) is 0 Å². The first-order chi connectivity index (χ1) is 9.26. The molecule has 0 aliphatic rings. The number of aliphatic hydroxyl groups excluding tert-OH is 1. The zero-order chi connectivity index (χ0) is 15.3. The highest BCUT2D eigenvalue weighted by Gasteiger charge is 2.21. The van der Waals surface area contributed by atoms with E-state index in [1.54, 1.807) is 6.92 Å². The van der Waals surface area contributed by atoms with Gasteiger partial charge in [0.2, 0.25) is 10.0 Å². The highest BCUT2D eigenvalue weighted by molar-refractivity contribution is 7.89. The zero-order valence-corrected chi connectivity index (χ0v) is 12.9. The number of benzene rings is 1. The van der Waals surface area contributed by atoms with E-state index in [4.69, 9.17) is 5.11 Å². The number of rotatable bonds is 7. The van der Waals surface area contributed by atoms with E-state index in [9.17, 15) is 12.8 Å². The molecule has 0 radical (unpaired) electrons. The van der Waals surface area contributed by atoms with Crippen LogP contribution in [0.1, 0.15) is 39.2 Å². The molecule has 114 valence electrons. The van der Waals surface area contributed by atoms with Gasteiger partial charge < -0.3 is 5.11 Å². The lowest BCUT2D eigenvalue weighted by atomic mass is 10.1. The smallest absolute Gasteiger partial charge is 0.243 e. The Balaban J connectivity index is 2.88. The van der Waals surface area contributed by atoms with Crippen molar-refractivity contribution >= 4 is 10.0 Å². The molecule has 1 rings (SSSR count). The number of nitrogens with one attached hydrogen (secondary N) is 1. The third-order valence-corrected chi connectivity index (χ3v) is 4.61. The lowest BCUT2D eigenvalue weighted by Crippen LogP contribution is -2.33. The van der Waals surface area contributed by atoms with E-state index in [1.165, 1.54) is 6.07 Å². The van der Waals surface area contributed by atoms with Crippen LogP contribution in [0.15, 0.2) is 23.1 Å². The van der Waals surface area contributed by atoms with Crippen molar-refractivity contribution in [2.24, 2.45) is 5.92 Å². The maximum atomic E-state index is 13.7. The van der Waals surface area contributed by atoms with Crippen molar-refractivity contribution in [2.75, 3.05) is 0 Å². The van der Waals surface area contributed by atoms with E-state index in [-0.39, 0.29) is 12.6 Å². The molecule has 1 aromatic rings. The standard InChI is InChI=1S/C14H22FNO3S/c1-10(2)4-5-11(3)16-20(18,19)14-8-12(9-17)6-7-13(14)15/h6-8,10-11,16-17H,4-5,9H2,1-3H3. The Hall–Kier alpha value is -0.980. The quantitative estimate of drug-likeness (QED) is 0.813. The molecule has 1 unspecified atom stereocenters. The number of sulfonamides is 1. The molecule has 0 spiro atoms. The highest BCUT2D eigenvalue weighted by Crippen LogP contribution is 2.18. The summed E-state index contributed by atoms with van der Waals surface area (Å²) in [6.45, 7) is 5.55. The van der Waals surface area contributed by atoms with Gasteiger partial charge in [0.25, 0.3) is 0 Å². The summed E-state index contributed by atoms with van der Waals surface area (Å²) in [5, 5.41) is 9.01. The molecule has 20 heavy (non-hydrogen) atoms. The van der Waals surface area contributed by atoms with Gasteiger partial charge in [-0.3, -0.25) is 0 Å². The van der Waals surface area contributed by atoms with Crippen molar-refractivity contribution in [3.05, 3.63) is 29.6 Å². The lowest BCUT2D eigenvalue weighted by molar-refractivity contribution is 0.281. The van der Waals surface area contributed by atoms with E-state index < -0.39 is 20.7 Å². The average molecular weight is 303 g/mol. The van der Waals surface area contributed by atoms with Crippen molar-refractivity contribution < 1.29 is 17.9 Å². The molecule has 0 fully saturated rings. The topological polar surface area (TPSA) is 66.4 Å². The molecule has 6 heteroatoms. The Morgan fingerprint density at radius 1 is 1.25 bits per heavy atom. The lowest BCUT2D eigenvalue weighted by Gasteiger charge is -2.16. The second kappa shape index (κ2) is 7.15. The van der Waals surface area contributed by atoms with E-state index in [0.29, 0.717) is 17.9 Å². The highest BCUT2D eigenvalue weighted by atomic mass is 32.2. The largest absolute Gasteiger partial charge is 0.392 e. The van der Waals surface area contributed by atoms with E-state index >= 15 is 0 Å². The predicted octanol–water partition coefficient (Wildman–Crippen LogP) is 2.42. The summed E-state index contributed by atoms with van der Waals surface area (Å²) in [7, 11) is -3.91. The monoisotopic (exact) mass is 303 g/mol. The molecule has 0 bridgehead atoms. The van der Waals surface area contributed by atoms with Crippen LogP contribution in [0.25, 0.3) is 0 Å². The third-order valence-electron chi connectivity index (χ3n) is 3.00. The predicted molar refractivity (Wildman–Crippen MR) is 76.2 cm³/mol. The summed E-state index contributed by atoms with van der Waals surface area (Å²) in [6.07, 6.45) is 1.58. The average Bonchev–Trinajstić information content (AvgIpc) is 2.36. The van der Waals surface area contributed by atoms with Crippen LogP contribution < -0.4 is 4.72 Å². The van der Waals surface area contributed by atoms with Crippen LogP contribution in [0.2, 0.25) is 0 Å². The fourth-order valence-electron chi connectivity index (χ4n) is 1.82. The number of hydrogen-bond donors (Lipinski definition) is 2. The Bertz CT molecular complexity index is 543. The maximum absolute atomic E-state index is 13.7. The minimum atomic E-state index is -3.91. The molecule has 0 aliphatic heterocycles. The van der Waals surface area contributed by atoms with Crippen LogP contribution >= 0.6 is 0 Å². The van der Waals surface area contributed by atoms with Crippen molar-refractivity contribution in [2.45, 2.75) is 51.2 Å². The Labute approximate surface area is 120 Å². The van der Waals surface area contributed by atoms with Gasteiger partial charge in [-0.15, -0.1) is 0 Å². The molecule has 0 saturated carbocycles. The van der Waals surface area contributed by atoms with Gasteiger partial charge >= 0.3 is 0 Å². The van der Waals surface area contributed by atoms with Crippen LogP contribution in [-0.2, 0) is 16.6 Å². The summed E-state index contributed by atoms with van der Waals surface area (Å²) >= 11 is 0. The number of hydrogen-bond acceptors (Lipinski definition) is 3. The summed E-state index contributed by atoms with van der Waals surface area (Å²) in [6, 6.07) is 3.31. The van der Waals surface area contributed by atoms with Gasteiger partial charge in [0.05, 0.1) is 6.61 Å². The van der Waals surface area contributed by atoms with Crippen LogP contribution in [0.4, 0.5) is 4.39 Å². The second-order valence-corrected chi connectivity index (χ2v) is 7.10. The van der Waals surface area contributed by atoms with E-state index in [0.717, 1.165) is 18.6 Å². The van der Waals surface area contributed by atoms with E-state index in [1.807, 2.05) is 0 Å². The van der Waals surface area contributed by atoms with Gasteiger partial charge in [0, 0.05) is 6.04 Å². The van der Waals surface area contributed by atoms with Gasteiger partial charge in [-0.2, -0.15) is 0 Å². The molecule has 0 aliphatic carbocycles. The van der Waals surface area contributed by atoms with Crippen LogP contribution in [0, 0.1) is 11.7 Å². The first kappa shape index (κ1) is 17.1. The van der Waals surface area contributed by atoms with Crippen LogP contribution in [0.5, 0.6) is 0 Å².